The van der Waals surface area contributed by atoms with Gasteiger partial charge in [-0.15, -0.1) is 0 Å². The van der Waals surface area contributed by atoms with Gasteiger partial charge in [0.25, 0.3) is 5.91 Å². The maximum atomic E-state index is 13.7. The van der Waals surface area contributed by atoms with Gasteiger partial charge in [0.2, 0.25) is 5.91 Å². The number of H-pyrrole nitrogens is 1. The predicted molar refractivity (Wildman–Crippen MR) is 179 cm³/mol. The fourth-order valence-electron chi connectivity index (χ4n) is 6.64. The van der Waals surface area contributed by atoms with Crippen LogP contribution in [0.5, 0.6) is 5.75 Å². The van der Waals surface area contributed by atoms with Gasteiger partial charge in [-0.25, -0.2) is 9.78 Å². The first-order chi connectivity index (χ1) is 22.3. The summed E-state index contributed by atoms with van der Waals surface area (Å²) >= 11 is 0. The number of aromatic nitrogens is 2. The quantitative estimate of drug-likeness (QED) is 0.124. The van der Waals surface area contributed by atoms with Crippen molar-refractivity contribution in [3.63, 3.8) is 0 Å². The van der Waals surface area contributed by atoms with Gasteiger partial charge in [-0.2, -0.15) is 0 Å². The summed E-state index contributed by atoms with van der Waals surface area (Å²) in [6.07, 6.45) is 10.2. The molecule has 2 aromatic carbocycles. The number of hydrogen-bond donors (Lipinski definition) is 5. The smallest absolute Gasteiger partial charge is 0.328 e. The second-order valence-electron chi connectivity index (χ2n) is 12.2. The number of carbonyl (C=O) groups excluding carboxylic acids is 2. The van der Waals surface area contributed by atoms with Crippen molar-refractivity contribution in [3.8, 4) is 17.1 Å². The van der Waals surface area contributed by atoms with E-state index in [1.54, 1.807) is 24.3 Å². The molecule has 2 aliphatic carbocycles. The number of hydrogen-bond acceptors (Lipinski definition) is 6. The summed E-state index contributed by atoms with van der Waals surface area (Å²) in [5, 5.41) is 16.0. The van der Waals surface area contributed by atoms with Crippen LogP contribution in [0, 0.1) is 0 Å². The fraction of sp³-hybridized carbons (Fsp3) is 0.333. The van der Waals surface area contributed by atoms with Crippen molar-refractivity contribution in [1.29, 1.82) is 0 Å². The number of carboxylic acids is 1. The highest BCUT2D eigenvalue weighted by Gasteiger charge is 2.45. The highest BCUT2D eigenvalue weighted by molar-refractivity contribution is 6.06. The number of amides is 2. The molecule has 0 saturated heterocycles. The lowest BCUT2D eigenvalue weighted by Crippen LogP contribution is -2.61. The van der Waals surface area contributed by atoms with Crippen molar-refractivity contribution in [2.75, 3.05) is 17.7 Å². The minimum Gasteiger partial charge on any atom is -0.493 e. The summed E-state index contributed by atoms with van der Waals surface area (Å²) < 4.78 is 5.68. The van der Waals surface area contributed by atoms with Crippen molar-refractivity contribution in [3.05, 3.63) is 77.4 Å². The highest BCUT2D eigenvalue weighted by Crippen LogP contribution is 2.42. The first-order valence-corrected chi connectivity index (χ1v) is 16.0. The number of nitrogen functional groups attached to an aromatic ring is 1. The number of benzene rings is 2. The second-order valence-corrected chi connectivity index (χ2v) is 12.2. The Balaban J connectivity index is 1.25. The molecule has 238 valence electrons. The SMILES string of the molecule is CCOc1cc(NC(=O)C2(NC(=O)c3ccc4c(C5CCCCC5)c(-c5cccc(N)n5)[nH]c4c3)CCC2)ccc1/C=C/C(=O)O. The number of aromatic amines is 1. The largest absolute Gasteiger partial charge is 0.493 e. The Morgan fingerprint density at radius 1 is 1.07 bits per heavy atom. The van der Waals surface area contributed by atoms with Crippen LogP contribution in [-0.4, -0.2) is 45.0 Å². The van der Waals surface area contributed by atoms with Crippen LogP contribution in [0.15, 0.2) is 60.7 Å². The molecule has 0 radical (unpaired) electrons. The highest BCUT2D eigenvalue weighted by atomic mass is 16.5. The van der Waals surface area contributed by atoms with E-state index in [0.717, 1.165) is 47.6 Å². The number of anilines is 2. The maximum Gasteiger partial charge on any atom is 0.328 e. The molecule has 46 heavy (non-hydrogen) atoms. The van der Waals surface area contributed by atoms with Gasteiger partial charge in [-0.1, -0.05) is 31.4 Å². The molecule has 2 aromatic heterocycles. The first-order valence-electron chi connectivity index (χ1n) is 16.0. The lowest BCUT2D eigenvalue weighted by atomic mass is 9.75. The summed E-state index contributed by atoms with van der Waals surface area (Å²) in [4.78, 5) is 46.4. The molecule has 0 aliphatic heterocycles. The Hall–Kier alpha value is -5.12. The Morgan fingerprint density at radius 3 is 2.57 bits per heavy atom. The van der Waals surface area contributed by atoms with Crippen LogP contribution in [0.2, 0.25) is 0 Å². The molecule has 2 fully saturated rings. The number of rotatable bonds is 10. The van der Waals surface area contributed by atoms with Gasteiger partial charge in [0.1, 0.15) is 17.1 Å². The van der Waals surface area contributed by atoms with E-state index in [1.165, 1.54) is 30.9 Å². The molecule has 10 heteroatoms. The van der Waals surface area contributed by atoms with E-state index in [9.17, 15) is 14.4 Å². The van der Waals surface area contributed by atoms with E-state index in [0.29, 0.717) is 53.7 Å². The average molecular weight is 622 g/mol. The van der Waals surface area contributed by atoms with Crippen LogP contribution >= 0.6 is 0 Å². The van der Waals surface area contributed by atoms with Crippen molar-refractivity contribution in [2.24, 2.45) is 0 Å². The van der Waals surface area contributed by atoms with Crippen LogP contribution in [-0.2, 0) is 9.59 Å². The van der Waals surface area contributed by atoms with E-state index < -0.39 is 11.5 Å². The second kappa shape index (κ2) is 13.1. The molecule has 0 bridgehead atoms. The molecule has 6 rings (SSSR count). The van der Waals surface area contributed by atoms with Gasteiger partial charge < -0.3 is 31.2 Å². The van der Waals surface area contributed by atoms with Crippen molar-refractivity contribution < 1.29 is 24.2 Å². The predicted octanol–water partition coefficient (Wildman–Crippen LogP) is 6.65. The Bertz CT molecular complexity index is 1820. The van der Waals surface area contributed by atoms with E-state index in [4.69, 9.17) is 15.6 Å². The summed E-state index contributed by atoms with van der Waals surface area (Å²) in [6.45, 7) is 2.20. The van der Waals surface area contributed by atoms with Crippen LogP contribution in [0.1, 0.15) is 85.7 Å². The van der Waals surface area contributed by atoms with E-state index in [1.807, 2.05) is 37.3 Å². The zero-order chi connectivity index (χ0) is 32.3. The number of carboxylic acid groups (broad SMARTS) is 1. The maximum absolute atomic E-state index is 13.7. The molecule has 0 spiro atoms. The van der Waals surface area contributed by atoms with Gasteiger partial charge in [0.15, 0.2) is 0 Å². The molecule has 2 heterocycles. The molecular weight excluding hydrogens is 582 g/mol. The minimum absolute atomic E-state index is 0.307. The van der Waals surface area contributed by atoms with Crippen LogP contribution in [0.4, 0.5) is 11.5 Å². The number of pyridine rings is 1. The summed E-state index contributed by atoms with van der Waals surface area (Å²) in [5.41, 5.74) is 10.3. The minimum atomic E-state index is -1.07. The van der Waals surface area contributed by atoms with Gasteiger partial charge in [-0.05, 0) is 93.0 Å². The van der Waals surface area contributed by atoms with Gasteiger partial charge in [0, 0.05) is 39.9 Å². The number of carbonyl (C=O) groups is 3. The normalized spacial score (nSPS) is 16.2. The molecule has 2 aliphatic rings. The number of nitrogens with two attached hydrogens (primary N) is 1. The molecule has 4 aromatic rings. The van der Waals surface area contributed by atoms with Gasteiger partial charge in [-0.3, -0.25) is 9.59 Å². The summed E-state index contributed by atoms with van der Waals surface area (Å²) in [7, 11) is 0. The zero-order valence-corrected chi connectivity index (χ0v) is 25.9. The number of aliphatic carboxylic acids is 1. The Labute approximate surface area is 267 Å². The molecule has 0 unspecified atom stereocenters. The third-order valence-electron chi connectivity index (χ3n) is 9.11. The third kappa shape index (κ3) is 6.33. The number of nitrogens with one attached hydrogen (secondary N) is 3. The molecule has 2 saturated carbocycles. The van der Waals surface area contributed by atoms with E-state index >= 15 is 0 Å². The summed E-state index contributed by atoms with van der Waals surface area (Å²) in [6, 6.07) is 16.4. The molecule has 0 atom stereocenters. The molecule has 10 nitrogen and oxygen atoms in total. The van der Waals surface area contributed by atoms with Crippen LogP contribution < -0.4 is 21.1 Å². The topological polar surface area (TPSA) is 159 Å². The lowest BCUT2D eigenvalue weighted by molar-refractivity contribution is -0.131. The average Bonchev–Trinajstić information content (AvgIpc) is 3.42. The standard InChI is InChI=1S/C36H39N5O5/c1-2-46-29-21-25(15-12-22(29)14-17-31(42)43)38-35(45)36(18-7-19-36)41-34(44)24-13-16-26-28(20-24)40-33(27-10-6-11-30(37)39-27)32(26)23-8-4-3-5-9-23/h6,10-17,20-21,23,40H,2-5,7-9,18-19H2,1H3,(H2,37,39)(H,38,45)(H,41,44)(H,42,43)/b17-14+. The number of nitrogens with zero attached hydrogens (tertiary/aromatic N) is 1. The zero-order valence-electron chi connectivity index (χ0n) is 25.9. The monoisotopic (exact) mass is 621 g/mol. The fourth-order valence-corrected chi connectivity index (χ4v) is 6.64. The van der Waals surface area contributed by atoms with Crippen molar-refractivity contribution >= 4 is 46.3 Å². The van der Waals surface area contributed by atoms with Crippen LogP contribution in [0.3, 0.4) is 0 Å². The van der Waals surface area contributed by atoms with Gasteiger partial charge >= 0.3 is 5.97 Å². The van der Waals surface area contributed by atoms with Crippen molar-refractivity contribution in [2.45, 2.75) is 69.7 Å². The third-order valence-corrected chi connectivity index (χ3v) is 9.11. The van der Waals surface area contributed by atoms with E-state index in [2.05, 4.69) is 20.6 Å². The molecular formula is C36H39N5O5. The Morgan fingerprint density at radius 2 is 1.87 bits per heavy atom. The Kier molecular flexibility index (Phi) is 8.78. The molecule has 2 amide bonds. The molecule has 6 N–H and O–H groups in total. The van der Waals surface area contributed by atoms with Crippen molar-refractivity contribution in [1.82, 2.24) is 15.3 Å². The van der Waals surface area contributed by atoms with Crippen LogP contribution in [0.25, 0.3) is 28.4 Å². The van der Waals surface area contributed by atoms with E-state index in [-0.39, 0.29) is 11.8 Å². The lowest BCUT2D eigenvalue weighted by Gasteiger charge is -2.40. The number of fused-ring (bicyclic) bond motifs is 1. The first kappa shape index (κ1) is 30.9. The summed E-state index contributed by atoms with van der Waals surface area (Å²) in [5.74, 6) is -0.398. The number of ether oxygens (including phenoxy) is 1. The van der Waals surface area contributed by atoms with Gasteiger partial charge in [0.05, 0.1) is 18.0 Å².